The quantitative estimate of drug-likeness (QED) is 0.120. The molecule has 3 aromatic carbocycles. The monoisotopic (exact) mass is 704 g/mol. The van der Waals surface area contributed by atoms with E-state index in [1.807, 2.05) is 73.7 Å². The number of likely N-dealkylation sites (tertiary alicyclic amines) is 1. The third-order valence-corrected chi connectivity index (χ3v) is 9.80. The van der Waals surface area contributed by atoms with Crippen LogP contribution in [0.4, 0.5) is 0 Å². The molecule has 2 heterocycles. The van der Waals surface area contributed by atoms with Gasteiger partial charge in [-0.1, -0.05) is 102 Å². The molecule has 0 saturated carbocycles. The van der Waals surface area contributed by atoms with Crippen molar-refractivity contribution in [1.29, 1.82) is 0 Å². The van der Waals surface area contributed by atoms with E-state index >= 15 is 0 Å². The molecule has 5 rings (SSSR count). The Bertz CT molecular complexity index is 1810. The van der Waals surface area contributed by atoms with Gasteiger partial charge in [-0.15, -0.1) is 0 Å². The maximum atomic E-state index is 13.8. The van der Waals surface area contributed by atoms with Crippen molar-refractivity contribution in [2.75, 3.05) is 19.7 Å². The minimum Gasteiger partial charge on any atom is -0.494 e. The smallest absolute Gasteiger partial charge is 0.308 e. The van der Waals surface area contributed by atoms with E-state index in [4.69, 9.17) is 4.74 Å². The number of carbonyl (C=O) groups is 3. The highest BCUT2D eigenvalue weighted by Crippen LogP contribution is 2.26. The Hall–Kier alpha value is -5.05. The van der Waals surface area contributed by atoms with Crippen LogP contribution in [0.1, 0.15) is 93.3 Å². The summed E-state index contributed by atoms with van der Waals surface area (Å²) in [6.07, 6.45) is 10.3. The normalized spacial score (nSPS) is 14.9. The van der Waals surface area contributed by atoms with Crippen molar-refractivity contribution in [1.82, 2.24) is 20.2 Å². The molecule has 1 fully saturated rings. The van der Waals surface area contributed by atoms with Crippen LogP contribution in [-0.2, 0) is 21.4 Å². The van der Waals surface area contributed by atoms with Crippen molar-refractivity contribution in [2.45, 2.75) is 91.0 Å². The Morgan fingerprint density at radius 3 is 2.19 bits per heavy atom. The summed E-state index contributed by atoms with van der Waals surface area (Å²) < 4.78 is 5.90. The molecule has 2 unspecified atom stereocenters. The third-order valence-electron chi connectivity index (χ3n) is 9.80. The number of ether oxygens (including phenoxy) is 1. The molecule has 1 aliphatic heterocycles. The molecule has 274 valence electrons. The molecule has 1 saturated heterocycles. The molecule has 0 aliphatic carbocycles. The van der Waals surface area contributed by atoms with E-state index < -0.39 is 17.9 Å². The summed E-state index contributed by atoms with van der Waals surface area (Å²) in [7, 11) is 0. The van der Waals surface area contributed by atoms with Gasteiger partial charge in [0.05, 0.1) is 12.5 Å². The molecule has 2 atom stereocenters. The van der Waals surface area contributed by atoms with Crippen molar-refractivity contribution in [3.8, 4) is 28.3 Å². The van der Waals surface area contributed by atoms with Crippen LogP contribution in [0.3, 0.4) is 0 Å². The summed E-state index contributed by atoms with van der Waals surface area (Å²) in [5, 5.41) is 12.5. The zero-order valence-electron chi connectivity index (χ0n) is 31.2. The lowest BCUT2D eigenvalue weighted by molar-refractivity contribution is -0.141. The van der Waals surface area contributed by atoms with Gasteiger partial charge in [-0.25, -0.2) is 9.97 Å². The first-order valence-corrected chi connectivity index (χ1v) is 18.5. The molecular weight excluding hydrogens is 652 g/mol. The first kappa shape index (κ1) is 38.2. The number of aromatic nitrogens is 2. The van der Waals surface area contributed by atoms with Crippen LogP contribution in [0.15, 0.2) is 79.1 Å². The molecule has 1 aromatic heterocycles. The zero-order chi connectivity index (χ0) is 37.3. The number of nitrogens with zero attached hydrogens (tertiary/aromatic N) is 3. The maximum Gasteiger partial charge on any atom is 0.308 e. The van der Waals surface area contributed by atoms with Crippen molar-refractivity contribution < 1.29 is 24.2 Å². The van der Waals surface area contributed by atoms with Gasteiger partial charge in [-0.2, -0.15) is 0 Å². The average molecular weight is 705 g/mol. The van der Waals surface area contributed by atoms with Crippen LogP contribution in [0.2, 0.25) is 0 Å². The molecule has 2 N–H and O–H groups in total. The lowest BCUT2D eigenvalue weighted by atomic mass is 9.85. The number of hydrogen-bond donors (Lipinski definition) is 2. The molecule has 1 aliphatic rings. The molecule has 0 radical (unpaired) electrons. The van der Waals surface area contributed by atoms with Gasteiger partial charge in [-0.05, 0) is 65.6 Å². The van der Waals surface area contributed by atoms with Crippen LogP contribution in [-0.4, -0.2) is 63.5 Å². The van der Waals surface area contributed by atoms with Crippen LogP contribution in [0, 0.1) is 12.8 Å². The Labute approximate surface area is 307 Å². The number of aliphatic carboxylic acids is 1. The lowest BCUT2D eigenvalue weighted by Gasteiger charge is -2.25. The summed E-state index contributed by atoms with van der Waals surface area (Å²) in [4.78, 5) is 49.8. The number of benzene rings is 3. The van der Waals surface area contributed by atoms with Gasteiger partial charge in [0.15, 0.2) is 5.82 Å². The predicted octanol–water partition coefficient (Wildman–Crippen LogP) is 8.04. The van der Waals surface area contributed by atoms with Crippen molar-refractivity contribution in [2.24, 2.45) is 5.92 Å². The number of nitrogens with one attached hydrogen (secondary N) is 1. The van der Waals surface area contributed by atoms with Crippen LogP contribution in [0.25, 0.3) is 22.5 Å². The summed E-state index contributed by atoms with van der Waals surface area (Å²) in [6, 6.07) is 20.5. The number of carboxylic acid groups (broad SMARTS) is 1. The number of hydrogen-bond acceptors (Lipinski definition) is 6. The summed E-state index contributed by atoms with van der Waals surface area (Å²) in [5.74, 6) is -0.717. The van der Waals surface area contributed by atoms with Gasteiger partial charge in [0.2, 0.25) is 5.91 Å². The number of amides is 2. The highest BCUT2D eigenvalue weighted by atomic mass is 16.5. The molecule has 4 aromatic rings. The van der Waals surface area contributed by atoms with E-state index in [1.54, 1.807) is 17.3 Å². The summed E-state index contributed by atoms with van der Waals surface area (Å²) in [5.41, 5.74) is 5.95. The highest BCUT2D eigenvalue weighted by molar-refractivity contribution is 5.99. The van der Waals surface area contributed by atoms with E-state index in [-0.39, 0.29) is 30.2 Å². The number of rotatable bonds is 15. The van der Waals surface area contributed by atoms with Crippen molar-refractivity contribution in [3.05, 3.63) is 101 Å². The van der Waals surface area contributed by atoms with Crippen LogP contribution >= 0.6 is 0 Å². The van der Waals surface area contributed by atoms with Gasteiger partial charge in [0.1, 0.15) is 11.8 Å². The Kier molecular flexibility index (Phi) is 12.8. The van der Waals surface area contributed by atoms with E-state index in [9.17, 15) is 19.5 Å². The Morgan fingerprint density at radius 1 is 0.904 bits per heavy atom. The highest BCUT2D eigenvalue weighted by Gasteiger charge is 2.35. The molecular formula is C43H52N4O5. The second kappa shape index (κ2) is 17.4. The first-order chi connectivity index (χ1) is 24.9. The Morgan fingerprint density at radius 2 is 1.58 bits per heavy atom. The SMILES string of the molecule is CCCCCCCOc1ccc(-c2cnc(-c3ccc(CC(NC(=O)c4ccc(C(C)(C)C)cc4C)C(=O)N4CCC(C(=O)O)C4)cc3)nc2)cc1. The number of unbranched alkanes of at least 4 members (excludes halogenated alkanes) is 4. The van der Waals surface area contributed by atoms with Gasteiger partial charge in [0.25, 0.3) is 5.91 Å². The fourth-order valence-electron chi connectivity index (χ4n) is 6.49. The van der Waals surface area contributed by atoms with Crippen LogP contribution < -0.4 is 10.1 Å². The van der Waals surface area contributed by atoms with E-state index in [2.05, 4.69) is 43.0 Å². The van der Waals surface area contributed by atoms with E-state index in [0.717, 1.165) is 52.2 Å². The van der Waals surface area contributed by atoms with Gasteiger partial charge < -0.3 is 20.1 Å². The van der Waals surface area contributed by atoms with Crippen molar-refractivity contribution in [3.63, 3.8) is 0 Å². The molecule has 2 amide bonds. The molecule has 0 spiro atoms. The number of carbonyl (C=O) groups excluding carboxylic acids is 2. The fraction of sp³-hybridized carbons (Fsp3) is 0.419. The number of aryl methyl sites for hydroxylation is 1. The van der Waals surface area contributed by atoms with Gasteiger partial charge >= 0.3 is 5.97 Å². The van der Waals surface area contributed by atoms with Crippen molar-refractivity contribution >= 4 is 17.8 Å². The molecule has 52 heavy (non-hydrogen) atoms. The first-order valence-electron chi connectivity index (χ1n) is 18.5. The summed E-state index contributed by atoms with van der Waals surface area (Å²) >= 11 is 0. The third kappa shape index (κ3) is 10.0. The van der Waals surface area contributed by atoms with E-state index in [1.165, 1.54) is 25.7 Å². The molecule has 9 heteroatoms. The Balaban J connectivity index is 1.25. The lowest BCUT2D eigenvalue weighted by Crippen LogP contribution is -2.49. The van der Waals surface area contributed by atoms with Gasteiger partial charge in [0, 0.05) is 48.6 Å². The predicted molar refractivity (Wildman–Crippen MR) is 204 cm³/mol. The van der Waals surface area contributed by atoms with E-state index in [0.29, 0.717) is 24.4 Å². The standard InChI is InChI=1S/C43H52N4O5/c1-6-7-8-9-10-23-52-36-18-15-31(16-19-36)34-26-44-39(45-27-34)32-13-11-30(12-14-32)25-38(41(49)47-22-21-33(28-47)42(50)51)46-40(48)37-20-17-35(24-29(37)2)43(3,4)5/h11-20,24,26-27,33,38H,6-10,21-23,25,28H2,1-5H3,(H,46,48)(H,50,51). The van der Waals surface area contributed by atoms with Crippen LogP contribution in [0.5, 0.6) is 5.75 Å². The average Bonchev–Trinajstić information content (AvgIpc) is 3.64. The molecule has 0 bridgehead atoms. The molecule has 9 nitrogen and oxygen atoms in total. The topological polar surface area (TPSA) is 122 Å². The second-order valence-electron chi connectivity index (χ2n) is 14.9. The largest absolute Gasteiger partial charge is 0.494 e. The minimum absolute atomic E-state index is 0.0668. The van der Waals surface area contributed by atoms with Gasteiger partial charge in [-0.3, -0.25) is 14.4 Å². The zero-order valence-corrected chi connectivity index (χ0v) is 31.2. The number of carboxylic acids is 1. The summed E-state index contributed by atoms with van der Waals surface area (Å²) in [6.45, 7) is 11.7. The minimum atomic E-state index is -0.914. The maximum absolute atomic E-state index is 13.8. The second-order valence-corrected chi connectivity index (χ2v) is 14.9. The fourth-order valence-corrected chi connectivity index (χ4v) is 6.49.